The van der Waals surface area contributed by atoms with Gasteiger partial charge in [0, 0.05) is 66.6 Å². The Balaban J connectivity index is 2.11. The van der Waals surface area contributed by atoms with E-state index in [0.717, 1.165) is 45.1 Å². The molecular formula is C19H39N5O4. The minimum atomic E-state index is -0.447. The fourth-order valence-corrected chi connectivity index (χ4v) is 2.66. The van der Waals surface area contributed by atoms with Crippen LogP contribution in [-0.2, 0) is 14.2 Å². The summed E-state index contributed by atoms with van der Waals surface area (Å²) in [7, 11) is 3.44. The second kappa shape index (κ2) is 13.6. The zero-order chi connectivity index (χ0) is 20.8. The Hall–Kier alpha value is -1.58. The summed E-state index contributed by atoms with van der Waals surface area (Å²) >= 11 is 0. The molecule has 0 radical (unpaired) electrons. The zero-order valence-electron chi connectivity index (χ0n) is 18.3. The van der Waals surface area contributed by atoms with Crippen LogP contribution in [0.5, 0.6) is 0 Å². The van der Waals surface area contributed by atoms with Crippen LogP contribution in [0.1, 0.15) is 27.2 Å². The predicted molar refractivity (Wildman–Crippen MR) is 111 cm³/mol. The lowest BCUT2D eigenvalue weighted by Gasteiger charge is -2.35. The summed E-state index contributed by atoms with van der Waals surface area (Å²) < 4.78 is 15.8. The number of hydrogen-bond acceptors (Lipinski definition) is 6. The van der Waals surface area contributed by atoms with Gasteiger partial charge in [0.25, 0.3) is 0 Å². The monoisotopic (exact) mass is 401 g/mol. The predicted octanol–water partition coefficient (Wildman–Crippen LogP) is 0.757. The molecule has 0 aromatic rings. The number of methoxy groups -OCH3 is 1. The maximum Gasteiger partial charge on any atom is 0.410 e. The van der Waals surface area contributed by atoms with Gasteiger partial charge in [0.2, 0.25) is 0 Å². The van der Waals surface area contributed by atoms with E-state index in [2.05, 4.69) is 20.5 Å². The summed E-state index contributed by atoms with van der Waals surface area (Å²) in [6, 6.07) is 0. The van der Waals surface area contributed by atoms with E-state index < -0.39 is 5.60 Å². The molecule has 1 aliphatic rings. The van der Waals surface area contributed by atoms with Crippen LogP contribution in [-0.4, -0.2) is 107 Å². The van der Waals surface area contributed by atoms with Gasteiger partial charge in [-0.25, -0.2) is 4.79 Å². The van der Waals surface area contributed by atoms with Crippen LogP contribution in [0.4, 0.5) is 4.79 Å². The minimum Gasteiger partial charge on any atom is -0.444 e. The number of hydrogen-bond donors (Lipinski definition) is 2. The van der Waals surface area contributed by atoms with Gasteiger partial charge in [0.15, 0.2) is 5.96 Å². The number of carbonyl (C=O) groups is 1. The molecule has 0 bridgehead atoms. The summed E-state index contributed by atoms with van der Waals surface area (Å²) in [6.45, 7) is 13.3. The maximum atomic E-state index is 12.1. The van der Waals surface area contributed by atoms with E-state index in [4.69, 9.17) is 14.2 Å². The molecule has 1 saturated heterocycles. The van der Waals surface area contributed by atoms with Crippen molar-refractivity contribution in [3.05, 3.63) is 0 Å². The number of nitrogens with one attached hydrogen (secondary N) is 2. The Morgan fingerprint density at radius 2 is 1.71 bits per heavy atom. The first-order valence-corrected chi connectivity index (χ1v) is 10.1. The molecule has 1 rings (SSSR count). The largest absolute Gasteiger partial charge is 0.444 e. The summed E-state index contributed by atoms with van der Waals surface area (Å²) in [5.74, 6) is 0.796. The van der Waals surface area contributed by atoms with Crippen LogP contribution < -0.4 is 10.6 Å². The van der Waals surface area contributed by atoms with Crippen LogP contribution in [0.25, 0.3) is 0 Å². The van der Waals surface area contributed by atoms with Crippen molar-refractivity contribution in [3.8, 4) is 0 Å². The average molecular weight is 402 g/mol. The van der Waals surface area contributed by atoms with E-state index in [1.54, 1.807) is 19.1 Å². The normalized spacial score (nSPS) is 16.2. The van der Waals surface area contributed by atoms with Gasteiger partial charge >= 0.3 is 6.09 Å². The van der Waals surface area contributed by atoms with Crippen molar-refractivity contribution >= 4 is 12.1 Å². The molecule has 28 heavy (non-hydrogen) atoms. The first-order chi connectivity index (χ1) is 13.4. The molecule has 1 aliphatic heterocycles. The van der Waals surface area contributed by atoms with E-state index in [1.807, 2.05) is 20.8 Å². The highest BCUT2D eigenvalue weighted by Gasteiger charge is 2.25. The first kappa shape index (κ1) is 24.5. The van der Waals surface area contributed by atoms with Gasteiger partial charge < -0.3 is 29.7 Å². The Bertz CT molecular complexity index is 460. The molecule has 0 unspecified atom stereocenters. The molecule has 1 heterocycles. The molecule has 0 atom stereocenters. The molecule has 1 amide bonds. The minimum absolute atomic E-state index is 0.221. The number of aliphatic imine (C=N–C) groups is 1. The molecule has 9 nitrogen and oxygen atoms in total. The summed E-state index contributed by atoms with van der Waals surface area (Å²) in [6.07, 6.45) is 0.693. The molecular weight excluding hydrogens is 362 g/mol. The number of guanidine groups is 1. The topological polar surface area (TPSA) is 87.7 Å². The highest BCUT2D eigenvalue weighted by molar-refractivity contribution is 5.79. The molecule has 0 saturated carbocycles. The molecule has 0 aromatic heterocycles. The summed E-state index contributed by atoms with van der Waals surface area (Å²) in [5, 5.41) is 6.61. The number of rotatable bonds is 10. The molecule has 2 N–H and O–H groups in total. The Morgan fingerprint density at radius 1 is 1.04 bits per heavy atom. The number of carbonyl (C=O) groups excluding carboxylic acids is 1. The quantitative estimate of drug-likeness (QED) is 0.317. The highest BCUT2D eigenvalue weighted by atomic mass is 16.6. The van der Waals surface area contributed by atoms with Gasteiger partial charge in [0.05, 0.1) is 13.2 Å². The third-order valence-corrected chi connectivity index (χ3v) is 4.16. The van der Waals surface area contributed by atoms with E-state index >= 15 is 0 Å². The van der Waals surface area contributed by atoms with Crippen molar-refractivity contribution in [2.45, 2.75) is 32.8 Å². The number of ether oxygens (including phenoxy) is 3. The van der Waals surface area contributed by atoms with E-state index in [1.165, 1.54) is 0 Å². The van der Waals surface area contributed by atoms with Gasteiger partial charge in [-0.3, -0.25) is 9.89 Å². The van der Waals surface area contributed by atoms with Gasteiger partial charge in [0.1, 0.15) is 5.60 Å². The fourth-order valence-electron chi connectivity index (χ4n) is 2.66. The van der Waals surface area contributed by atoms with Gasteiger partial charge in [-0.15, -0.1) is 0 Å². The SMILES string of the molecule is CN=C(NCCCOCCOC)NCCN1CCN(C(=O)OC(C)(C)C)CC1. The first-order valence-electron chi connectivity index (χ1n) is 10.1. The van der Waals surface area contributed by atoms with Crippen molar-refractivity contribution < 1.29 is 19.0 Å². The van der Waals surface area contributed by atoms with E-state index in [0.29, 0.717) is 32.9 Å². The average Bonchev–Trinajstić information content (AvgIpc) is 2.65. The smallest absolute Gasteiger partial charge is 0.410 e. The Morgan fingerprint density at radius 3 is 2.32 bits per heavy atom. The van der Waals surface area contributed by atoms with Gasteiger partial charge in [-0.1, -0.05) is 0 Å². The van der Waals surface area contributed by atoms with Crippen molar-refractivity contribution in [3.63, 3.8) is 0 Å². The van der Waals surface area contributed by atoms with Crippen LogP contribution in [0.3, 0.4) is 0 Å². The molecule has 0 spiro atoms. The fraction of sp³-hybridized carbons (Fsp3) is 0.895. The maximum absolute atomic E-state index is 12.1. The van der Waals surface area contributed by atoms with Crippen LogP contribution >= 0.6 is 0 Å². The van der Waals surface area contributed by atoms with Crippen molar-refractivity contribution in [1.29, 1.82) is 0 Å². The molecule has 0 aliphatic carbocycles. The number of amides is 1. The van der Waals surface area contributed by atoms with E-state index in [-0.39, 0.29) is 6.09 Å². The number of piperazine rings is 1. The van der Waals surface area contributed by atoms with Crippen molar-refractivity contribution in [1.82, 2.24) is 20.4 Å². The Kier molecular flexibility index (Phi) is 11.9. The van der Waals surface area contributed by atoms with E-state index in [9.17, 15) is 4.79 Å². The lowest BCUT2D eigenvalue weighted by atomic mass is 10.2. The summed E-state index contributed by atoms with van der Waals surface area (Å²) in [4.78, 5) is 20.4. The molecule has 0 aromatic carbocycles. The van der Waals surface area contributed by atoms with Gasteiger partial charge in [-0.05, 0) is 27.2 Å². The standard InChI is InChI=1S/C19H39N5O4/c1-19(2,3)28-18(25)24-12-10-23(11-13-24)9-8-22-17(20-4)21-7-6-14-27-16-15-26-5/h6-16H2,1-5H3,(H2,20,21,22). The van der Waals surface area contributed by atoms with Crippen molar-refractivity contribution in [2.75, 3.05) is 79.8 Å². The molecule has 164 valence electrons. The summed E-state index contributed by atoms with van der Waals surface area (Å²) in [5.41, 5.74) is -0.447. The van der Waals surface area contributed by atoms with Crippen molar-refractivity contribution in [2.24, 2.45) is 4.99 Å². The zero-order valence-corrected chi connectivity index (χ0v) is 18.3. The molecule has 9 heteroatoms. The second-order valence-electron chi connectivity index (χ2n) is 7.69. The highest BCUT2D eigenvalue weighted by Crippen LogP contribution is 2.11. The Labute approximate surface area is 169 Å². The van der Waals surface area contributed by atoms with Crippen LogP contribution in [0, 0.1) is 0 Å². The van der Waals surface area contributed by atoms with Crippen LogP contribution in [0.2, 0.25) is 0 Å². The lowest BCUT2D eigenvalue weighted by molar-refractivity contribution is 0.0147. The third-order valence-electron chi connectivity index (χ3n) is 4.16. The lowest BCUT2D eigenvalue weighted by Crippen LogP contribution is -2.51. The number of nitrogens with zero attached hydrogens (tertiary/aromatic N) is 3. The molecule has 1 fully saturated rings. The second-order valence-corrected chi connectivity index (χ2v) is 7.69. The van der Waals surface area contributed by atoms with Gasteiger partial charge in [-0.2, -0.15) is 0 Å². The van der Waals surface area contributed by atoms with Crippen LogP contribution in [0.15, 0.2) is 4.99 Å². The third kappa shape index (κ3) is 11.3.